The maximum atomic E-state index is 13.1. The molecule has 8 heteroatoms. The van der Waals surface area contributed by atoms with Gasteiger partial charge in [0.25, 0.3) is 5.91 Å². The number of piperazine rings is 1. The molecule has 0 aliphatic carbocycles. The normalized spacial score (nSPS) is 14.6. The number of nitrogens with one attached hydrogen (secondary N) is 1. The molecular weight excluding hydrogens is 385 g/mol. The summed E-state index contributed by atoms with van der Waals surface area (Å²) in [6.45, 7) is 4.40. The minimum Gasteiger partial charge on any atom is -0.447 e. The van der Waals surface area contributed by atoms with Gasteiger partial charge in [-0.15, -0.1) is 0 Å². The van der Waals surface area contributed by atoms with Gasteiger partial charge in [-0.05, 0) is 36.4 Å². The van der Waals surface area contributed by atoms with E-state index in [1.54, 1.807) is 18.3 Å². The Bertz CT molecular complexity index is 953. The molecule has 1 saturated heterocycles. The van der Waals surface area contributed by atoms with Crippen LogP contribution >= 0.6 is 0 Å². The van der Waals surface area contributed by atoms with Crippen molar-refractivity contribution in [1.82, 2.24) is 20.2 Å². The first kappa shape index (κ1) is 20.0. The molecule has 4 rings (SSSR count). The smallest absolute Gasteiger partial charge is 0.273 e. The molecule has 1 fully saturated rings. The molecule has 0 spiro atoms. The second kappa shape index (κ2) is 9.49. The minimum atomic E-state index is -0.248. The minimum absolute atomic E-state index is 0.224. The summed E-state index contributed by atoms with van der Waals surface area (Å²) in [5, 5.41) is 2.84. The van der Waals surface area contributed by atoms with Gasteiger partial charge in [0.2, 0.25) is 5.89 Å². The Labute approximate surface area is 174 Å². The molecule has 1 aliphatic heterocycles. The average Bonchev–Trinajstić information content (AvgIpc) is 3.24. The molecule has 0 bridgehead atoms. The van der Waals surface area contributed by atoms with Crippen molar-refractivity contribution in [3.63, 3.8) is 0 Å². The van der Waals surface area contributed by atoms with Crippen molar-refractivity contribution >= 4 is 11.6 Å². The van der Waals surface area contributed by atoms with Crippen molar-refractivity contribution in [3.8, 4) is 0 Å². The number of nitrogens with zero attached hydrogens (tertiary/aromatic N) is 4. The van der Waals surface area contributed by atoms with Crippen LogP contribution in [0.2, 0.25) is 0 Å². The van der Waals surface area contributed by atoms with Crippen LogP contribution in [0.4, 0.5) is 10.1 Å². The molecule has 156 valence electrons. The molecular formula is C22H24FN5O2. The Morgan fingerprint density at radius 1 is 1.10 bits per heavy atom. The Morgan fingerprint density at radius 3 is 2.63 bits per heavy atom. The zero-order valence-electron chi connectivity index (χ0n) is 16.6. The predicted octanol–water partition coefficient (Wildman–Crippen LogP) is 2.50. The number of oxazole rings is 1. The predicted molar refractivity (Wildman–Crippen MR) is 111 cm³/mol. The van der Waals surface area contributed by atoms with E-state index < -0.39 is 0 Å². The molecule has 1 aliphatic rings. The molecule has 1 aromatic carbocycles. The lowest BCUT2D eigenvalue weighted by molar-refractivity contribution is 0.0949. The van der Waals surface area contributed by atoms with Crippen LogP contribution in [0.15, 0.2) is 59.3 Å². The number of hydrogen-bond donors (Lipinski definition) is 1. The number of halogens is 1. The third kappa shape index (κ3) is 5.21. The van der Waals surface area contributed by atoms with Crippen LogP contribution in [-0.2, 0) is 13.0 Å². The summed E-state index contributed by atoms with van der Waals surface area (Å²) in [7, 11) is 0. The van der Waals surface area contributed by atoms with Gasteiger partial charge in [-0.25, -0.2) is 9.37 Å². The quantitative estimate of drug-likeness (QED) is 0.646. The first-order valence-electron chi connectivity index (χ1n) is 10.0. The lowest BCUT2D eigenvalue weighted by Gasteiger charge is -2.35. The number of carbonyl (C=O) groups is 1. The van der Waals surface area contributed by atoms with Gasteiger partial charge in [-0.3, -0.25) is 14.7 Å². The molecule has 3 heterocycles. The summed E-state index contributed by atoms with van der Waals surface area (Å²) in [6, 6.07) is 12.3. The lowest BCUT2D eigenvalue weighted by Crippen LogP contribution is -2.46. The second-order valence-electron chi connectivity index (χ2n) is 7.19. The monoisotopic (exact) mass is 409 g/mol. The van der Waals surface area contributed by atoms with Crippen LogP contribution in [0.5, 0.6) is 0 Å². The van der Waals surface area contributed by atoms with E-state index in [1.165, 1.54) is 18.4 Å². The van der Waals surface area contributed by atoms with Crippen LogP contribution in [0.3, 0.4) is 0 Å². The Balaban J connectivity index is 1.22. The third-order valence-corrected chi connectivity index (χ3v) is 5.10. The van der Waals surface area contributed by atoms with Crippen LogP contribution in [0, 0.1) is 5.82 Å². The third-order valence-electron chi connectivity index (χ3n) is 5.10. The fourth-order valence-corrected chi connectivity index (χ4v) is 3.44. The molecule has 2 aromatic heterocycles. The lowest BCUT2D eigenvalue weighted by atomic mass is 10.2. The Morgan fingerprint density at radius 2 is 1.90 bits per heavy atom. The summed E-state index contributed by atoms with van der Waals surface area (Å²) >= 11 is 0. The number of pyridine rings is 1. The van der Waals surface area contributed by atoms with Gasteiger partial charge in [0.05, 0.1) is 6.54 Å². The maximum Gasteiger partial charge on any atom is 0.273 e. The van der Waals surface area contributed by atoms with E-state index in [2.05, 4.69) is 25.1 Å². The highest BCUT2D eigenvalue weighted by Gasteiger charge is 2.20. The van der Waals surface area contributed by atoms with Crippen molar-refractivity contribution in [2.75, 3.05) is 37.6 Å². The van der Waals surface area contributed by atoms with E-state index in [0.29, 0.717) is 25.4 Å². The molecule has 0 atom stereocenters. The number of anilines is 1. The molecule has 1 N–H and O–H groups in total. The molecule has 1 amide bonds. The molecule has 0 saturated carbocycles. The Kier molecular flexibility index (Phi) is 6.34. The fourth-order valence-electron chi connectivity index (χ4n) is 3.44. The largest absolute Gasteiger partial charge is 0.447 e. The van der Waals surface area contributed by atoms with Crippen LogP contribution in [-0.4, -0.2) is 53.5 Å². The first-order valence-corrected chi connectivity index (χ1v) is 10.0. The van der Waals surface area contributed by atoms with Gasteiger partial charge >= 0.3 is 0 Å². The second-order valence-corrected chi connectivity index (χ2v) is 7.19. The van der Waals surface area contributed by atoms with Crippen LogP contribution in [0.25, 0.3) is 0 Å². The van der Waals surface area contributed by atoms with Crippen LogP contribution < -0.4 is 10.2 Å². The van der Waals surface area contributed by atoms with Gasteiger partial charge < -0.3 is 14.6 Å². The van der Waals surface area contributed by atoms with Crippen molar-refractivity contribution in [1.29, 1.82) is 0 Å². The zero-order chi connectivity index (χ0) is 20.8. The number of rotatable bonds is 7. The summed E-state index contributed by atoms with van der Waals surface area (Å²) in [5.74, 6) is 0.0556. The van der Waals surface area contributed by atoms with Crippen molar-refractivity contribution in [3.05, 3.63) is 78.0 Å². The molecule has 3 aromatic rings. The van der Waals surface area contributed by atoms with Gasteiger partial charge in [0.1, 0.15) is 12.1 Å². The number of hydrogen-bond acceptors (Lipinski definition) is 6. The molecule has 7 nitrogen and oxygen atoms in total. The average molecular weight is 409 g/mol. The standard InChI is InChI=1S/C22H24FN5O2/c23-17-4-6-19(7-5-17)28-13-11-27(12-14-28)15-21-26-20(16-30-21)22(29)25-10-8-18-3-1-2-9-24-18/h1-7,9,16H,8,10-15H2,(H,25,29). The van der Waals surface area contributed by atoms with Crippen molar-refractivity contribution in [2.45, 2.75) is 13.0 Å². The van der Waals surface area contributed by atoms with E-state index in [0.717, 1.165) is 37.6 Å². The van der Waals surface area contributed by atoms with E-state index in [4.69, 9.17) is 4.42 Å². The highest BCUT2D eigenvalue weighted by Crippen LogP contribution is 2.18. The van der Waals surface area contributed by atoms with Gasteiger partial charge in [0.15, 0.2) is 5.69 Å². The van der Waals surface area contributed by atoms with E-state index >= 15 is 0 Å². The highest BCUT2D eigenvalue weighted by atomic mass is 19.1. The molecule has 0 radical (unpaired) electrons. The summed E-state index contributed by atoms with van der Waals surface area (Å²) < 4.78 is 18.6. The number of amides is 1. The first-order chi connectivity index (χ1) is 14.7. The van der Waals surface area contributed by atoms with Crippen molar-refractivity contribution in [2.24, 2.45) is 0 Å². The molecule has 0 unspecified atom stereocenters. The Hall–Kier alpha value is -3.26. The highest BCUT2D eigenvalue weighted by molar-refractivity contribution is 5.91. The number of aromatic nitrogens is 2. The van der Waals surface area contributed by atoms with Crippen molar-refractivity contribution < 1.29 is 13.6 Å². The van der Waals surface area contributed by atoms with Gasteiger partial charge in [0, 0.05) is 56.7 Å². The van der Waals surface area contributed by atoms with E-state index in [-0.39, 0.29) is 17.4 Å². The summed E-state index contributed by atoms with van der Waals surface area (Å²) in [4.78, 5) is 25.3. The van der Waals surface area contributed by atoms with Gasteiger partial charge in [-0.1, -0.05) is 6.07 Å². The topological polar surface area (TPSA) is 74.5 Å². The SMILES string of the molecule is O=C(NCCc1ccccn1)c1coc(CN2CCN(c3ccc(F)cc3)CC2)n1. The van der Waals surface area contributed by atoms with Crippen LogP contribution in [0.1, 0.15) is 22.1 Å². The van der Waals surface area contributed by atoms with Gasteiger partial charge in [-0.2, -0.15) is 0 Å². The molecule has 30 heavy (non-hydrogen) atoms. The summed E-state index contributed by atoms with van der Waals surface area (Å²) in [5.41, 5.74) is 2.24. The summed E-state index contributed by atoms with van der Waals surface area (Å²) in [6.07, 6.45) is 3.80. The maximum absolute atomic E-state index is 13.1. The number of carbonyl (C=O) groups excluding carboxylic acids is 1. The number of benzene rings is 1. The zero-order valence-corrected chi connectivity index (χ0v) is 16.6. The van der Waals surface area contributed by atoms with E-state index in [9.17, 15) is 9.18 Å². The fraction of sp³-hybridized carbons (Fsp3) is 0.318. The van der Waals surface area contributed by atoms with E-state index in [1.807, 2.05) is 18.2 Å².